The van der Waals surface area contributed by atoms with E-state index in [-0.39, 0.29) is 18.6 Å². The number of nitrogens with zero attached hydrogens (tertiary/aromatic N) is 2. The van der Waals surface area contributed by atoms with Gasteiger partial charge in [0.15, 0.2) is 0 Å². The van der Waals surface area contributed by atoms with Gasteiger partial charge in [-0.25, -0.2) is 4.99 Å². The lowest BCUT2D eigenvalue weighted by molar-refractivity contribution is -0.122. The number of hydrogen-bond donors (Lipinski definition) is 2. The topological polar surface area (TPSA) is 118 Å². The van der Waals surface area contributed by atoms with Gasteiger partial charge >= 0.3 is 0 Å². The number of nitrogens with two attached hydrogens (primary N) is 1. The molecule has 1 saturated carbocycles. The van der Waals surface area contributed by atoms with Crippen LogP contribution in [0.5, 0.6) is 0 Å². The van der Waals surface area contributed by atoms with E-state index in [1.807, 2.05) is 24.3 Å². The number of aliphatic imine (C=N–C) groups is 1. The smallest absolute Gasteiger partial charge is 0.290 e. The lowest BCUT2D eigenvalue weighted by Gasteiger charge is -2.45. The first-order valence-electron chi connectivity index (χ1n) is 11.6. The molecule has 0 bridgehead atoms. The van der Waals surface area contributed by atoms with Crippen LogP contribution in [0.3, 0.4) is 0 Å². The Balaban J connectivity index is 0.000000917. The van der Waals surface area contributed by atoms with Gasteiger partial charge in [-0.3, -0.25) is 4.79 Å². The third kappa shape index (κ3) is 3.94. The van der Waals surface area contributed by atoms with Crippen molar-refractivity contribution in [2.24, 2.45) is 16.1 Å². The zero-order chi connectivity index (χ0) is 25.4. The number of carboxylic acid groups (broad SMARTS) is 1. The number of methoxy groups -OCH3 is 1. The van der Waals surface area contributed by atoms with Gasteiger partial charge in [0.05, 0.1) is 20.5 Å². The molecule has 0 aromatic heterocycles. The van der Waals surface area contributed by atoms with Gasteiger partial charge in [0.1, 0.15) is 12.1 Å². The number of ether oxygens (including phenoxy) is 2. The predicted octanol–water partition coefficient (Wildman–Crippen LogP) is 4.25. The Bertz CT molecular complexity index is 1220. The van der Waals surface area contributed by atoms with Gasteiger partial charge in [0.2, 0.25) is 0 Å². The van der Waals surface area contributed by atoms with E-state index < -0.39 is 17.5 Å². The second kappa shape index (κ2) is 9.05. The van der Waals surface area contributed by atoms with Crippen LogP contribution in [0.4, 0.5) is 0 Å². The van der Waals surface area contributed by atoms with Crippen LogP contribution in [-0.4, -0.2) is 37.4 Å². The summed E-state index contributed by atoms with van der Waals surface area (Å²) < 4.78 is 28.8. The fraction of sp³-hybridized carbons (Fsp3) is 0.400. The molecule has 33 heavy (non-hydrogen) atoms. The molecule has 2 aliphatic carbocycles. The van der Waals surface area contributed by atoms with E-state index in [1.54, 1.807) is 19.2 Å². The maximum atomic E-state index is 9.34. The van der Waals surface area contributed by atoms with Crippen molar-refractivity contribution >= 4 is 24.1 Å². The molecule has 0 radical (unpaired) electrons. The van der Waals surface area contributed by atoms with E-state index in [0.717, 1.165) is 47.9 Å². The number of carbonyl (C=O) groups is 1. The monoisotopic (exact) mass is 469 g/mol. The third-order valence-corrected chi connectivity index (χ3v) is 7.18. The van der Waals surface area contributed by atoms with Gasteiger partial charge in [0.25, 0.3) is 12.5 Å². The highest BCUT2D eigenvalue weighted by atomic mass is 35.5. The molecule has 2 aromatic carbocycles. The van der Waals surface area contributed by atoms with Gasteiger partial charge in [-0.2, -0.15) is 5.26 Å². The Morgan fingerprint density at radius 1 is 1.33 bits per heavy atom. The maximum absolute atomic E-state index is 9.34. The molecular weight excluding hydrogens is 442 g/mol. The summed E-state index contributed by atoms with van der Waals surface area (Å²) in [4.78, 5) is 13.1. The van der Waals surface area contributed by atoms with Gasteiger partial charge in [-0.15, -0.1) is 0 Å². The first-order valence-corrected chi connectivity index (χ1v) is 11.0. The van der Waals surface area contributed by atoms with Crippen LogP contribution in [0, 0.1) is 16.7 Å². The van der Waals surface area contributed by atoms with Crippen LogP contribution in [0.2, 0.25) is 5.02 Å². The molecule has 7 nitrogen and oxygen atoms in total. The summed E-state index contributed by atoms with van der Waals surface area (Å²) in [6.45, 7) is -2.33. The van der Waals surface area contributed by atoms with Crippen LogP contribution >= 0.6 is 11.6 Å². The summed E-state index contributed by atoms with van der Waals surface area (Å²) >= 11 is 6.24. The van der Waals surface area contributed by atoms with Crippen LogP contribution in [0.1, 0.15) is 45.1 Å². The minimum Gasteiger partial charge on any atom is -0.483 e. The van der Waals surface area contributed by atoms with Crippen molar-refractivity contribution in [3.05, 3.63) is 58.1 Å². The Hall–Kier alpha value is -3.08. The summed E-state index contributed by atoms with van der Waals surface area (Å²) in [6, 6.07) is 13.3. The minimum absolute atomic E-state index is 0.115. The molecule has 2 spiro atoms. The van der Waals surface area contributed by atoms with Crippen molar-refractivity contribution in [3.8, 4) is 17.2 Å². The molecule has 5 rings (SSSR count). The quantitative estimate of drug-likeness (QED) is 0.634. The molecule has 0 saturated heterocycles. The lowest BCUT2D eigenvalue weighted by Crippen LogP contribution is -2.46. The van der Waals surface area contributed by atoms with Crippen molar-refractivity contribution in [3.63, 3.8) is 0 Å². The number of fused-ring (bicyclic) bond motifs is 3. The Morgan fingerprint density at radius 3 is 2.67 bits per heavy atom. The Labute approximate surface area is 200 Å². The molecular formula is C25H26ClN3O4. The third-order valence-electron chi connectivity index (χ3n) is 6.96. The fourth-order valence-corrected chi connectivity index (χ4v) is 5.68. The highest BCUT2D eigenvalue weighted by molar-refractivity contribution is 6.31. The highest BCUT2D eigenvalue weighted by Gasteiger charge is 2.61. The van der Waals surface area contributed by atoms with Crippen LogP contribution in [0.15, 0.2) is 41.4 Å². The van der Waals surface area contributed by atoms with E-state index in [4.69, 9.17) is 44.4 Å². The largest absolute Gasteiger partial charge is 0.483 e. The van der Waals surface area contributed by atoms with Crippen LogP contribution in [0.25, 0.3) is 11.1 Å². The summed E-state index contributed by atoms with van der Waals surface area (Å²) in [5.74, 6) is 0. The zero-order valence-corrected chi connectivity index (χ0v) is 18.9. The minimum atomic E-state index is -2.08. The average molecular weight is 470 g/mol. The number of benzene rings is 2. The zero-order valence-electron chi connectivity index (χ0n) is 20.2. The van der Waals surface area contributed by atoms with Crippen molar-refractivity contribution in [2.45, 2.75) is 43.7 Å². The van der Waals surface area contributed by atoms with Crippen molar-refractivity contribution in [2.75, 3.05) is 13.7 Å². The summed E-state index contributed by atoms with van der Waals surface area (Å²) in [6.07, 6.45) is 4.09. The summed E-state index contributed by atoms with van der Waals surface area (Å²) in [5.41, 5.74) is 8.28. The summed E-state index contributed by atoms with van der Waals surface area (Å²) in [7, 11) is 1.72. The molecule has 3 aliphatic rings. The number of nitriles is 1. The van der Waals surface area contributed by atoms with Gasteiger partial charge in [0, 0.05) is 17.5 Å². The second-order valence-electron chi connectivity index (χ2n) is 8.57. The van der Waals surface area contributed by atoms with E-state index in [1.165, 1.54) is 0 Å². The Morgan fingerprint density at radius 2 is 2.06 bits per heavy atom. The van der Waals surface area contributed by atoms with E-state index in [9.17, 15) is 5.26 Å². The number of hydrogen-bond acceptors (Lipinski definition) is 6. The Kier molecular flexibility index (Phi) is 5.63. The number of rotatable bonds is 2. The first kappa shape index (κ1) is 20.5. The van der Waals surface area contributed by atoms with Gasteiger partial charge in [-0.1, -0.05) is 23.7 Å². The first-order chi connectivity index (χ1) is 16.6. The highest BCUT2D eigenvalue weighted by Crippen LogP contribution is 2.61. The predicted molar refractivity (Wildman–Crippen MR) is 125 cm³/mol. The molecule has 1 aliphatic heterocycles. The van der Waals surface area contributed by atoms with E-state index in [0.29, 0.717) is 17.0 Å². The van der Waals surface area contributed by atoms with Crippen LogP contribution < -0.4 is 5.73 Å². The second-order valence-corrected chi connectivity index (χ2v) is 9.01. The SMILES string of the molecule is O=CO.[2H]C1([2H])OC(N)=NC12c1cc(-c3cc(Cl)cc(C#N)c3)ccc1CC21CCC(OC)CC1. The van der Waals surface area contributed by atoms with Gasteiger partial charge < -0.3 is 20.3 Å². The van der Waals surface area contributed by atoms with Crippen molar-refractivity contribution in [1.29, 1.82) is 5.26 Å². The number of amidine groups is 1. The van der Waals surface area contributed by atoms with E-state index >= 15 is 0 Å². The molecule has 1 unspecified atom stereocenters. The standard InChI is InChI=1S/C24H24ClN3O2.CH2O2/c1-29-20-4-6-23(7-5-20)12-17-3-2-16(18-8-15(13-26)9-19(25)10-18)11-21(17)24(23)14-30-22(27)28-24;2-1-3/h2-3,8-11,20H,4-7,12,14H2,1H3,(H2,27,28);1H,(H,2,3)/i14D2;. The molecule has 0 amide bonds. The normalized spacial score (nSPS) is 29.6. The van der Waals surface area contributed by atoms with Crippen LogP contribution in [-0.2, 0) is 26.2 Å². The molecule has 8 heteroatoms. The molecule has 1 heterocycles. The molecule has 1 fully saturated rings. The van der Waals surface area contributed by atoms with Crippen molar-refractivity contribution < 1.29 is 22.1 Å². The molecule has 172 valence electrons. The molecule has 2 aromatic rings. The van der Waals surface area contributed by atoms with Gasteiger partial charge in [-0.05, 0) is 78.6 Å². The van der Waals surface area contributed by atoms with E-state index in [2.05, 4.69) is 6.07 Å². The average Bonchev–Trinajstić information content (AvgIpc) is 3.24. The number of halogens is 1. The molecule has 3 N–H and O–H groups in total. The summed E-state index contributed by atoms with van der Waals surface area (Å²) in [5, 5.41) is 16.7. The fourth-order valence-electron chi connectivity index (χ4n) is 5.44. The maximum Gasteiger partial charge on any atom is 0.290 e. The lowest BCUT2D eigenvalue weighted by atomic mass is 9.62. The van der Waals surface area contributed by atoms with Crippen molar-refractivity contribution in [1.82, 2.24) is 0 Å². The molecule has 1 atom stereocenters.